The molecule has 5 rings (SSSR count). The minimum absolute atomic E-state index is 0.0929. The first kappa shape index (κ1) is 24.6. The number of hydrogen-bond acceptors (Lipinski definition) is 3. The molecule has 0 fully saturated rings. The summed E-state index contributed by atoms with van der Waals surface area (Å²) in [6, 6.07) is 25.0. The molecule has 2 aliphatic rings. The highest BCUT2D eigenvalue weighted by atomic mass is 32.1. The van der Waals surface area contributed by atoms with Gasteiger partial charge in [0.15, 0.2) is 11.6 Å². The number of hydrogen-bond donors (Lipinski definition) is 0. The van der Waals surface area contributed by atoms with Gasteiger partial charge in [0, 0.05) is 20.9 Å². The molecule has 0 atom stereocenters. The van der Waals surface area contributed by atoms with Gasteiger partial charge in [-0.2, -0.15) is 0 Å². The maximum absolute atomic E-state index is 12.5. The molecule has 0 amide bonds. The maximum Gasteiger partial charge on any atom is 0.184 e. The molecule has 0 saturated carbocycles. The zero-order valence-electron chi connectivity index (χ0n) is 21.5. The standard InChI is InChI=1S/C34H28O2S/c1-21-17-27(18-22(2)33(21)35)31(25-11-7-5-8-12-25)29-15-16-30(37-29)32(26-13-9-6-10-14-26)28-19-23(3)34(36)24(4)20-28/h5-20H,1-4H3. The molecule has 182 valence electrons. The lowest BCUT2D eigenvalue weighted by Gasteiger charge is -2.16. The van der Waals surface area contributed by atoms with E-state index in [1.807, 2.05) is 88.4 Å². The van der Waals surface area contributed by atoms with E-state index in [4.69, 9.17) is 0 Å². The lowest BCUT2D eigenvalue weighted by atomic mass is 9.89. The predicted molar refractivity (Wildman–Crippen MR) is 154 cm³/mol. The summed E-state index contributed by atoms with van der Waals surface area (Å²) in [5.41, 5.74) is 9.52. The number of benzene rings is 2. The normalized spacial score (nSPS) is 15.7. The SMILES string of the molecule is CC1=CC(=C(c2ccccc2)c2ccc(C(=C3C=C(C)C(=O)C(C)=C3)c3ccccc3)s2)C=C(C)C1=O. The largest absolute Gasteiger partial charge is 0.289 e. The third-order valence-electron chi connectivity index (χ3n) is 6.72. The molecule has 1 aromatic heterocycles. The number of rotatable bonds is 4. The van der Waals surface area contributed by atoms with Crippen molar-refractivity contribution in [2.75, 3.05) is 0 Å². The maximum atomic E-state index is 12.5. The van der Waals surface area contributed by atoms with Gasteiger partial charge in [-0.1, -0.05) is 60.7 Å². The van der Waals surface area contributed by atoms with Crippen LogP contribution in [0.1, 0.15) is 48.6 Å². The fraction of sp³-hybridized carbons (Fsp3) is 0.118. The zero-order valence-corrected chi connectivity index (χ0v) is 22.3. The van der Waals surface area contributed by atoms with E-state index in [-0.39, 0.29) is 11.6 Å². The van der Waals surface area contributed by atoms with E-state index in [0.717, 1.165) is 65.5 Å². The van der Waals surface area contributed by atoms with Gasteiger partial charge in [-0.25, -0.2) is 0 Å². The Bertz CT molecular complexity index is 1430. The molecular weight excluding hydrogens is 472 g/mol. The van der Waals surface area contributed by atoms with E-state index >= 15 is 0 Å². The van der Waals surface area contributed by atoms with Crippen LogP contribution in [0, 0.1) is 0 Å². The molecule has 0 saturated heterocycles. The van der Waals surface area contributed by atoms with Crippen LogP contribution in [-0.4, -0.2) is 11.6 Å². The Morgan fingerprint density at radius 1 is 0.486 bits per heavy atom. The van der Waals surface area contributed by atoms with Crippen molar-refractivity contribution < 1.29 is 9.59 Å². The average molecular weight is 501 g/mol. The topological polar surface area (TPSA) is 34.1 Å². The fourth-order valence-electron chi connectivity index (χ4n) is 4.91. The van der Waals surface area contributed by atoms with Crippen LogP contribution in [0.15, 0.2) is 131 Å². The van der Waals surface area contributed by atoms with Crippen molar-refractivity contribution in [3.05, 3.63) is 151 Å². The molecule has 0 N–H and O–H groups in total. The van der Waals surface area contributed by atoms with Crippen molar-refractivity contribution in [2.45, 2.75) is 27.7 Å². The highest BCUT2D eigenvalue weighted by Gasteiger charge is 2.21. The van der Waals surface area contributed by atoms with Gasteiger partial charge in [0.25, 0.3) is 0 Å². The molecule has 0 spiro atoms. The van der Waals surface area contributed by atoms with Crippen LogP contribution < -0.4 is 0 Å². The van der Waals surface area contributed by atoms with Gasteiger partial charge in [0.05, 0.1) is 0 Å². The third-order valence-corrected chi connectivity index (χ3v) is 7.84. The van der Waals surface area contributed by atoms with Gasteiger partial charge < -0.3 is 0 Å². The molecule has 3 heteroatoms. The van der Waals surface area contributed by atoms with Crippen molar-refractivity contribution in [2.24, 2.45) is 0 Å². The molecule has 0 radical (unpaired) electrons. The Labute approximate surface area is 222 Å². The zero-order chi connectivity index (χ0) is 26.1. The van der Waals surface area contributed by atoms with Crippen LogP contribution in [0.3, 0.4) is 0 Å². The van der Waals surface area contributed by atoms with Gasteiger partial charge in [0.2, 0.25) is 0 Å². The number of ketones is 2. The van der Waals surface area contributed by atoms with Crippen LogP contribution in [0.25, 0.3) is 11.1 Å². The van der Waals surface area contributed by atoms with Crippen molar-refractivity contribution in [1.82, 2.24) is 0 Å². The first-order valence-electron chi connectivity index (χ1n) is 12.4. The summed E-state index contributed by atoms with van der Waals surface area (Å²) in [5.74, 6) is 0.186. The highest BCUT2D eigenvalue weighted by Crippen LogP contribution is 2.40. The van der Waals surface area contributed by atoms with Crippen LogP contribution in [-0.2, 0) is 9.59 Å². The second kappa shape index (κ2) is 10.1. The van der Waals surface area contributed by atoms with Gasteiger partial charge in [0.1, 0.15) is 0 Å². The molecule has 0 unspecified atom stereocenters. The quantitative estimate of drug-likeness (QED) is 0.361. The average Bonchev–Trinajstić information content (AvgIpc) is 3.36. The Kier molecular flexibility index (Phi) is 6.73. The first-order chi connectivity index (χ1) is 17.8. The number of Topliss-reactive ketones (excluding diaryl/α,β-unsaturated/α-hetero) is 2. The Morgan fingerprint density at radius 2 is 0.811 bits per heavy atom. The van der Waals surface area contributed by atoms with Crippen LogP contribution in [0.2, 0.25) is 0 Å². The summed E-state index contributed by atoms with van der Waals surface area (Å²) in [6.07, 6.45) is 7.99. The monoisotopic (exact) mass is 500 g/mol. The summed E-state index contributed by atoms with van der Waals surface area (Å²) in [5, 5.41) is 0. The molecule has 1 heterocycles. The molecule has 0 aliphatic heterocycles. The Hall–Kier alpha value is -4.08. The number of allylic oxidation sites excluding steroid dienone is 10. The van der Waals surface area contributed by atoms with E-state index in [9.17, 15) is 9.59 Å². The smallest absolute Gasteiger partial charge is 0.184 e. The lowest BCUT2D eigenvalue weighted by Crippen LogP contribution is -2.07. The Balaban J connectivity index is 1.74. The molecule has 2 nitrogen and oxygen atoms in total. The fourth-order valence-corrected chi connectivity index (χ4v) is 6.09. The minimum atomic E-state index is 0.0929. The number of carbonyl (C=O) groups excluding carboxylic acids is 2. The summed E-state index contributed by atoms with van der Waals surface area (Å²) >= 11 is 1.73. The molecule has 3 aromatic rings. The number of thiophene rings is 1. The minimum Gasteiger partial charge on any atom is -0.289 e. The van der Waals surface area contributed by atoms with E-state index in [1.54, 1.807) is 11.3 Å². The first-order valence-corrected chi connectivity index (χ1v) is 13.2. The lowest BCUT2D eigenvalue weighted by molar-refractivity contribution is -0.113. The van der Waals surface area contributed by atoms with Gasteiger partial charge in [-0.3, -0.25) is 9.59 Å². The summed E-state index contributed by atoms with van der Waals surface area (Å²) in [7, 11) is 0. The number of carbonyl (C=O) groups is 2. The summed E-state index contributed by atoms with van der Waals surface area (Å²) in [6.45, 7) is 7.53. The van der Waals surface area contributed by atoms with E-state index in [1.165, 1.54) is 0 Å². The summed E-state index contributed by atoms with van der Waals surface area (Å²) < 4.78 is 0. The van der Waals surface area contributed by atoms with Crippen molar-refractivity contribution >= 4 is 34.0 Å². The predicted octanol–water partition coefficient (Wildman–Crippen LogP) is 8.30. The highest BCUT2D eigenvalue weighted by molar-refractivity contribution is 7.14. The van der Waals surface area contributed by atoms with Crippen molar-refractivity contribution in [3.8, 4) is 0 Å². The van der Waals surface area contributed by atoms with Gasteiger partial charge in [-0.15, -0.1) is 11.3 Å². The Morgan fingerprint density at radius 3 is 1.14 bits per heavy atom. The third kappa shape index (κ3) is 4.83. The van der Waals surface area contributed by atoms with Crippen LogP contribution >= 0.6 is 11.3 Å². The summed E-state index contributed by atoms with van der Waals surface area (Å²) in [4.78, 5) is 27.2. The van der Waals surface area contributed by atoms with Gasteiger partial charge >= 0.3 is 0 Å². The van der Waals surface area contributed by atoms with Crippen molar-refractivity contribution in [1.29, 1.82) is 0 Å². The van der Waals surface area contributed by atoms with Crippen molar-refractivity contribution in [3.63, 3.8) is 0 Å². The molecule has 37 heavy (non-hydrogen) atoms. The van der Waals surface area contributed by atoms with E-state index in [0.29, 0.717) is 0 Å². The van der Waals surface area contributed by atoms with Crippen LogP contribution in [0.5, 0.6) is 0 Å². The molecule has 0 bridgehead atoms. The second-order valence-corrected chi connectivity index (χ2v) is 10.6. The molecule has 2 aliphatic carbocycles. The van der Waals surface area contributed by atoms with Gasteiger partial charge in [-0.05, 0) is 109 Å². The van der Waals surface area contributed by atoms with E-state index < -0.39 is 0 Å². The van der Waals surface area contributed by atoms with E-state index in [2.05, 4.69) is 36.4 Å². The molecule has 2 aromatic carbocycles. The van der Waals surface area contributed by atoms with Crippen LogP contribution in [0.4, 0.5) is 0 Å². The molecular formula is C34H28O2S. The second-order valence-electron chi connectivity index (χ2n) is 9.52.